The van der Waals surface area contributed by atoms with E-state index in [1.807, 2.05) is 6.26 Å². The summed E-state index contributed by atoms with van der Waals surface area (Å²) in [6.07, 6.45) is 2.56. The maximum atomic E-state index is 11.5. The van der Waals surface area contributed by atoms with Gasteiger partial charge in [0.25, 0.3) is 0 Å². The smallest absolute Gasteiger partial charge is 0.311 e. The summed E-state index contributed by atoms with van der Waals surface area (Å²) in [5.74, 6) is 0.428. The fourth-order valence-electron chi connectivity index (χ4n) is 1.18. The normalized spacial score (nSPS) is 10.1. The molecule has 1 aromatic rings. The molecule has 1 heterocycles. The van der Waals surface area contributed by atoms with Gasteiger partial charge in [0.05, 0.1) is 18.7 Å². The largest absolute Gasteiger partial charge is 0.466 e. The molecule has 100 valence electrons. The second kappa shape index (κ2) is 8.10. The fourth-order valence-corrected chi connectivity index (χ4v) is 2.30. The zero-order valence-corrected chi connectivity index (χ0v) is 12.0. The molecule has 0 unspecified atom stereocenters. The van der Waals surface area contributed by atoms with Crippen LogP contribution in [0.4, 0.5) is 5.13 Å². The number of hydrogen-bond acceptors (Lipinski definition) is 6. The van der Waals surface area contributed by atoms with Gasteiger partial charge in [0.15, 0.2) is 5.13 Å². The molecule has 0 spiro atoms. The lowest BCUT2D eigenvalue weighted by atomic mass is 10.3. The molecule has 1 aromatic heterocycles. The average molecular weight is 288 g/mol. The molecule has 7 heteroatoms. The van der Waals surface area contributed by atoms with Gasteiger partial charge in [0, 0.05) is 17.6 Å². The molecule has 0 atom stereocenters. The maximum Gasteiger partial charge on any atom is 0.311 e. The number of carbonyl (C=O) groups excluding carboxylic acids is 2. The summed E-state index contributed by atoms with van der Waals surface area (Å²) in [5.41, 5.74) is 0.624. The third-order valence-electron chi connectivity index (χ3n) is 1.96. The summed E-state index contributed by atoms with van der Waals surface area (Å²) in [7, 11) is 0. The molecule has 0 saturated heterocycles. The number of esters is 1. The van der Waals surface area contributed by atoms with Crippen LogP contribution in [0, 0.1) is 0 Å². The average Bonchev–Trinajstić information content (AvgIpc) is 2.74. The van der Waals surface area contributed by atoms with Crippen LogP contribution in [0.1, 0.15) is 19.0 Å². The van der Waals surface area contributed by atoms with Crippen LogP contribution < -0.4 is 5.32 Å². The quantitative estimate of drug-likeness (QED) is 0.777. The first-order chi connectivity index (χ1) is 8.65. The molecule has 1 amide bonds. The molecule has 0 aliphatic heterocycles. The number of thiazole rings is 1. The van der Waals surface area contributed by atoms with E-state index in [2.05, 4.69) is 10.3 Å². The molecule has 1 N–H and O–H groups in total. The molecule has 5 nitrogen and oxygen atoms in total. The number of ether oxygens (including phenoxy) is 1. The summed E-state index contributed by atoms with van der Waals surface area (Å²) in [6.45, 7) is 2.12. The van der Waals surface area contributed by atoms with Gasteiger partial charge in [-0.3, -0.25) is 9.59 Å². The predicted molar refractivity (Wildman–Crippen MR) is 74.1 cm³/mol. The zero-order chi connectivity index (χ0) is 13.4. The van der Waals surface area contributed by atoms with Crippen LogP contribution in [0.2, 0.25) is 0 Å². The Balaban J connectivity index is 2.43. The lowest BCUT2D eigenvalue weighted by Gasteiger charge is -2.00. The molecule has 1 rings (SSSR count). The minimum Gasteiger partial charge on any atom is -0.466 e. The predicted octanol–water partition coefficient (Wildman–Crippen LogP) is 1.94. The van der Waals surface area contributed by atoms with Crippen molar-refractivity contribution in [3.63, 3.8) is 0 Å². The fraction of sp³-hybridized carbons (Fsp3) is 0.545. The summed E-state index contributed by atoms with van der Waals surface area (Å²) >= 11 is 2.93. The van der Waals surface area contributed by atoms with Crippen LogP contribution in [0.3, 0.4) is 0 Å². The van der Waals surface area contributed by atoms with Crippen LogP contribution in [-0.2, 0) is 20.7 Å². The van der Waals surface area contributed by atoms with Gasteiger partial charge in [-0.25, -0.2) is 4.98 Å². The maximum absolute atomic E-state index is 11.5. The van der Waals surface area contributed by atoms with Gasteiger partial charge < -0.3 is 10.1 Å². The van der Waals surface area contributed by atoms with Crippen molar-refractivity contribution in [1.29, 1.82) is 0 Å². The van der Waals surface area contributed by atoms with Gasteiger partial charge in [-0.15, -0.1) is 11.3 Å². The number of nitrogens with one attached hydrogen (secondary N) is 1. The second-order valence-electron chi connectivity index (χ2n) is 3.42. The van der Waals surface area contributed by atoms with E-state index in [-0.39, 0.29) is 18.3 Å². The number of amides is 1. The van der Waals surface area contributed by atoms with Gasteiger partial charge in [0.2, 0.25) is 5.91 Å². The minimum atomic E-state index is -0.303. The summed E-state index contributed by atoms with van der Waals surface area (Å²) in [6, 6.07) is 0. The van der Waals surface area contributed by atoms with Crippen molar-refractivity contribution in [1.82, 2.24) is 4.98 Å². The number of hydrogen-bond donors (Lipinski definition) is 1. The van der Waals surface area contributed by atoms with Crippen molar-refractivity contribution in [3.8, 4) is 0 Å². The molecule has 0 fully saturated rings. The van der Waals surface area contributed by atoms with Gasteiger partial charge in [-0.2, -0.15) is 11.8 Å². The van der Waals surface area contributed by atoms with Gasteiger partial charge in [-0.1, -0.05) is 0 Å². The SMILES string of the molecule is CCOC(=O)Cc1csc(NC(=O)CCSC)n1. The number of aromatic nitrogens is 1. The van der Waals surface area contributed by atoms with Gasteiger partial charge >= 0.3 is 5.97 Å². The number of carbonyl (C=O) groups is 2. The van der Waals surface area contributed by atoms with Crippen LogP contribution in [0.5, 0.6) is 0 Å². The number of rotatable bonds is 7. The molecule has 18 heavy (non-hydrogen) atoms. The first-order valence-electron chi connectivity index (χ1n) is 5.54. The number of anilines is 1. The Bertz CT molecular complexity index is 407. The van der Waals surface area contributed by atoms with Crippen molar-refractivity contribution in [3.05, 3.63) is 11.1 Å². The lowest BCUT2D eigenvalue weighted by molar-refractivity contribution is -0.142. The summed E-state index contributed by atoms with van der Waals surface area (Å²) in [5, 5.41) is 4.98. The first kappa shape index (κ1) is 15.0. The van der Waals surface area contributed by atoms with E-state index >= 15 is 0 Å². The summed E-state index contributed by atoms with van der Waals surface area (Å²) in [4.78, 5) is 26.9. The van der Waals surface area contributed by atoms with E-state index in [4.69, 9.17) is 4.74 Å². The van der Waals surface area contributed by atoms with E-state index in [9.17, 15) is 9.59 Å². The molecule has 0 aliphatic carbocycles. The molecular formula is C11H16N2O3S2. The Labute approximate surface area is 114 Å². The molecule has 0 radical (unpaired) electrons. The highest BCUT2D eigenvalue weighted by Crippen LogP contribution is 2.16. The van der Waals surface area contributed by atoms with Crippen molar-refractivity contribution in [2.75, 3.05) is 23.9 Å². The van der Waals surface area contributed by atoms with Crippen LogP contribution in [0.15, 0.2) is 5.38 Å². The van der Waals surface area contributed by atoms with Crippen LogP contribution in [0.25, 0.3) is 0 Å². The number of thioether (sulfide) groups is 1. The van der Waals surface area contributed by atoms with Gasteiger partial charge in [-0.05, 0) is 13.2 Å². The molecule has 0 bridgehead atoms. The van der Waals surface area contributed by atoms with Gasteiger partial charge in [0.1, 0.15) is 0 Å². The van der Waals surface area contributed by atoms with Crippen molar-refractivity contribution in [2.24, 2.45) is 0 Å². The Hall–Kier alpha value is -1.08. The topological polar surface area (TPSA) is 68.3 Å². The second-order valence-corrected chi connectivity index (χ2v) is 5.26. The Morgan fingerprint density at radius 1 is 1.56 bits per heavy atom. The highest BCUT2D eigenvalue weighted by atomic mass is 32.2. The van der Waals surface area contributed by atoms with E-state index < -0.39 is 0 Å². The van der Waals surface area contributed by atoms with E-state index in [0.29, 0.717) is 23.9 Å². The Morgan fingerprint density at radius 2 is 2.33 bits per heavy atom. The highest BCUT2D eigenvalue weighted by Gasteiger charge is 2.10. The molecule has 0 saturated carbocycles. The first-order valence-corrected chi connectivity index (χ1v) is 7.81. The Kier molecular flexibility index (Phi) is 6.74. The monoisotopic (exact) mass is 288 g/mol. The third kappa shape index (κ3) is 5.50. The highest BCUT2D eigenvalue weighted by molar-refractivity contribution is 7.98. The van der Waals surface area contributed by atoms with E-state index in [0.717, 1.165) is 5.75 Å². The summed E-state index contributed by atoms with van der Waals surface area (Å²) < 4.78 is 4.82. The number of nitrogens with zero attached hydrogens (tertiary/aromatic N) is 1. The van der Waals surface area contributed by atoms with Crippen LogP contribution in [-0.4, -0.2) is 35.5 Å². The Morgan fingerprint density at radius 3 is 3.00 bits per heavy atom. The van der Waals surface area contributed by atoms with Crippen LogP contribution >= 0.6 is 23.1 Å². The zero-order valence-electron chi connectivity index (χ0n) is 10.4. The molecule has 0 aromatic carbocycles. The van der Waals surface area contributed by atoms with Crippen molar-refractivity contribution >= 4 is 40.1 Å². The third-order valence-corrected chi connectivity index (χ3v) is 3.38. The minimum absolute atomic E-state index is 0.0543. The van der Waals surface area contributed by atoms with Crippen molar-refractivity contribution in [2.45, 2.75) is 19.8 Å². The van der Waals surface area contributed by atoms with E-state index in [1.165, 1.54) is 11.3 Å². The molecular weight excluding hydrogens is 272 g/mol. The van der Waals surface area contributed by atoms with Crippen molar-refractivity contribution < 1.29 is 14.3 Å². The van der Waals surface area contributed by atoms with E-state index in [1.54, 1.807) is 24.1 Å². The lowest BCUT2D eigenvalue weighted by Crippen LogP contribution is -2.12. The molecule has 0 aliphatic rings. The standard InChI is InChI=1S/C11H16N2O3S2/c1-3-16-10(15)6-8-7-18-11(12-8)13-9(14)4-5-17-2/h7H,3-6H2,1-2H3,(H,12,13,14).